The number of ether oxygens (including phenoxy) is 1. The van der Waals surface area contributed by atoms with E-state index in [9.17, 15) is 4.79 Å². The molecule has 0 radical (unpaired) electrons. The van der Waals surface area contributed by atoms with Crippen LogP contribution in [0.25, 0.3) is 0 Å². The molecule has 0 aromatic rings. The Morgan fingerprint density at radius 2 is 2.20 bits per heavy atom. The van der Waals surface area contributed by atoms with Gasteiger partial charge in [-0.1, -0.05) is 20.3 Å². The molecule has 0 fully saturated rings. The lowest BCUT2D eigenvalue weighted by atomic mass is 10.0. The number of carboxylic acids is 1. The summed E-state index contributed by atoms with van der Waals surface area (Å²) >= 11 is 0. The number of aliphatic carboxylic acids is 1. The molecule has 0 aliphatic rings. The van der Waals surface area contributed by atoms with Crippen molar-refractivity contribution < 1.29 is 14.6 Å². The molecule has 0 amide bonds. The quantitative estimate of drug-likeness (QED) is 0.647. The first-order valence-electron chi connectivity index (χ1n) is 5.46. The average Bonchev–Trinajstić information content (AvgIpc) is 2.17. The molecular weight excluding hydrogens is 194 g/mol. The van der Waals surface area contributed by atoms with E-state index in [-0.39, 0.29) is 6.61 Å². The molecule has 2 unspecified atom stereocenters. The fourth-order valence-corrected chi connectivity index (χ4v) is 1.28. The summed E-state index contributed by atoms with van der Waals surface area (Å²) in [5, 5.41) is 11.7. The highest BCUT2D eigenvalue weighted by Gasteiger charge is 2.31. The van der Waals surface area contributed by atoms with Crippen LogP contribution in [-0.4, -0.2) is 36.9 Å². The van der Waals surface area contributed by atoms with Crippen LogP contribution in [0.15, 0.2) is 0 Å². The predicted octanol–water partition coefficient (Wildman–Crippen LogP) is 1.50. The van der Waals surface area contributed by atoms with Crippen LogP contribution in [0.3, 0.4) is 0 Å². The zero-order chi connectivity index (χ0) is 11.9. The highest BCUT2D eigenvalue weighted by molar-refractivity contribution is 5.78. The molecule has 0 aromatic heterocycles. The van der Waals surface area contributed by atoms with Gasteiger partial charge in [0.05, 0.1) is 6.61 Å². The lowest BCUT2D eigenvalue weighted by molar-refractivity contribution is -0.146. The predicted molar refractivity (Wildman–Crippen MR) is 60.0 cm³/mol. The molecule has 0 rings (SSSR count). The lowest BCUT2D eigenvalue weighted by Gasteiger charge is -2.24. The van der Waals surface area contributed by atoms with E-state index >= 15 is 0 Å². The molecular formula is C11H23NO3. The summed E-state index contributed by atoms with van der Waals surface area (Å²) in [6, 6.07) is 0. The van der Waals surface area contributed by atoms with Crippen molar-refractivity contribution in [1.29, 1.82) is 0 Å². The van der Waals surface area contributed by atoms with Crippen molar-refractivity contribution in [3.8, 4) is 0 Å². The fraction of sp³-hybridized carbons (Fsp3) is 0.909. The van der Waals surface area contributed by atoms with Crippen LogP contribution in [0, 0.1) is 5.92 Å². The van der Waals surface area contributed by atoms with Gasteiger partial charge in [-0.2, -0.15) is 0 Å². The van der Waals surface area contributed by atoms with Crippen LogP contribution in [0.1, 0.15) is 33.6 Å². The molecule has 2 atom stereocenters. The van der Waals surface area contributed by atoms with Crippen LogP contribution < -0.4 is 5.32 Å². The summed E-state index contributed by atoms with van der Waals surface area (Å²) in [5.41, 5.74) is -0.980. The smallest absolute Gasteiger partial charge is 0.326 e. The lowest BCUT2D eigenvalue weighted by Crippen LogP contribution is -2.51. The van der Waals surface area contributed by atoms with Crippen molar-refractivity contribution >= 4 is 5.97 Å². The van der Waals surface area contributed by atoms with Crippen molar-refractivity contribution in [3.63, 3.8) is 0 Å². The molecule has 4 heteroatoms. The van der Waals surface area contributed by atoms with Crippen molar-refractivity contribution in [2.45, 2.75) is 39.2 Å². The Morgan fingerprint density at radius 3 is 2.60 bits per heavy atom. The summed E-state index contributed by atoms with van der Waals surface area (Å²) in [6.45, 7) is 6.69. The van der Waals surface area contributed by atoms with Crippen LogP contribution in [0.2, 0.25) is 0 Å². The first-order chi connectivity index (χ1) is 6.96. The van der Waals surface area contributed by atoms with Crippen LogP contribution in [0.4, 0.5) is 0 Å². The number of hydrogen-bond donors (Lipinski definition) is 2. The molecule has 0 aliphatic heterocycles. The normalized spacial score (nSPS) is 17.1. The Bertz CT molecular complexity index is 196. The Balaban J connectivity index is 3.87. The first kappa shape index (κ1) is 14.4. The van der Waals surface area contributed by atoms with E-state index < -0.39 is 11.5 Å². The Kier molecular flexibility index (Phi) is 6.52. The van der Waals surface area contributed by atoms with E-state index in [0.717, 1.165) is 12.8 Å². The molecule has 0 aromatic carbocycles. The molecule has 15 heavy (non-hydrogen) atoms. The third kappa shape index (κ3) is 5.14. The van der Waals surface area contributed by atoms with Crippen LogP contribution in [0.5, 0.6) is 0 Å². The van der Waals surface area contributed by atoms with Gasteiger partial charge in [0.15, 0.2) is 0 Å². The summed E-state index contributed by atoms with van der Waals surface area (Å²) in [5.74, 6) is -0.391. The summed E-state index contributed by atoms with van der Waals surface area (Å²) < 4.78 is 5.42. The minimum absolute atomic E-state index is 0.201. The minimum atomic E-state index is -0.980. The van der Waals surface area contributed by atoms with E-state index in [1.807, 2.05) is 0 Å². The number of hydrogen-bond acceptors (Lipinski definition) is 3. The molecule has 0 heterocycles. The summed E-state index contributed by atoms with van der Waals surface area (Å²) in [6.07, 6.45) is 2.25. The van der Waals surface area contributed by atoms with Gasteiger partial charge >= 0.3 is 5.97 Å². The van der Waals surface area contributed by atoms with Gasteiger partial charge < -0.3 is 15.2 Å². The third-order valence-electron chi connectivity index (χ3n) is 2.60. The third-order valence-corrected chi connectivity index (χ3v) is 2.60. The monoisotopic (exact) mass is 217 g/mol. The molecule has 0 spiro atoms. The van der Waals surface area contributed by atoms with Gasteiger partial charge in [0.2, 0.25) is 0 Å². The number of carboxylic acid groups (broad SMARTS) is 1. The average molecular weight is 217 g/mol. The van der Waals surface area contributed by atoms with E-state index in [4.69, 9.17) is 9.84 Å². The maximum absolute atomic E-state index is 10.9. The largest absolute Gasteiger partial charge is 0.480 e. The zero-order valence-electron chi connectivity index (χ0n) is 10.2. The van der Waals surface area contributed by atoms with Gasteiger partial charge in [-0.15, -0.1) is 0 Å². The molecule has 0 bridgehead atoms. The summed E-state index contributed by atoms with van der Waals surface area (Å²) in [4.78, 5) is 10.9. The van der Waals surface area contributed by atoms with Crippen LogP contribution >= 0.6 is 0 Å². The first-order valence-corrected chi connectivity index (χ1v) is 5.46. The maximum Gasteiger partial charge on any atom is 0.326 e. The van der Waals surface area contributed by atoms with Gasteiger partial charge in [-0.05, 0) is 26.3 Å². The molecule has 2 N–H and O–H groups in total. The second-order valence-corrected chi connectivity index (χ2v) is 4.30. The SMILES string of the molecule is CCCC(C)COCC(C)(NC)C(=O)O. The Labute approximate surface area is 92.0 Å². The fourth-order valence-electron chi connectivity index (χ4n) is 1.28. The van der Waals surface area contributed by atoms with Crippen molar-refractivity contribution in [1.82, 2.24) is 5.32 Å². The maximum atomic E-state index is 10.9. The molecule has 0 saturated heterocycles. The molecule has 90 valence electrons. The van der Waals surface area contributed by atoms with Crippen molar-refractivity contribution in [2.24, 2.45) is 5.92 Å². The van der Waals surface area contributed by atoms with E-state index in [0.29, 0.717) is 12.5 Å². The Morgan fingerprint density at radius 1 is 1.60 bits per heavy atom. The van der Waals surface area contributed by atoms with Gasteiger partial charge in [-0.25, -0.2) is 0 Å². The second kappa shape index (κ2) is 6.80. The van der Waals surface area contributed by atoms with Gasteiger partial charge in [0.1, 0.15) is 5.54 Å². The number of rotatable bonds is 8. The van der Waals surface area contributed by atoms with Crippen molar-refractivity contribution in [2.75, 3.05) is 20.3 Å². The number of nitrogens with one attached hydrogen (secondary N) is 1. The Hall–Kier alpha value is -0.610. The van der Waals surface area contributed by atoms with E-state index in [1.54, 1.807) is 14.0 Å². The van der Waals surface area contributed by atoms with E-state index in [2.05, 4.69) is 19.2 Å². The van der Waals surface area contributed by atoms with Gasteiger partial charge in [-0.3, -0.25) is 4.79 Å². The van der Waals surface area contributed by atoms with Crippen LogP contribution in [-0.2, 0) is 9.53 Å². The molecule has 0 aliphatic carbocycles. The summed E-state index contributed by atoms with van der Waals surface area (Å²) in [7, 11) is 1.63. The van der Waals surface area contributed by atoms with E-state index in [1.165, 1.54) is 0 Å². The zero-order valence-corrected chi connectivity index (χ0v) is 10.2. The number of likely N-dealkylation sites (N-methyl/N-ethyl adjacent to an activating group) is 1. The molecule has 0 saturated carbocycles. The number of carbonyl (C=O) groups is 1. The van der Waals surface area contributed by atoms with Gasteiger partial charge in [0.25, 0.3) is 0 Å². The van der Waals surface area contributed by atoms with Crippen molar-refractivity contribution in [3.05, 3.63) is 0 Å². The second-order valence-electron chi connectivity index (χ2n) is 4.30. The highest BCUT2D eigenvalue weighted by atomic mass is 16.5. The van der Waals surface area contributed by atoms with Gasteiger partial charge in [0, 0.05) is 6.61 Å². The highest BCUT2D eigenvalue weighted by Crippen LogP contribution is 2.08. The minimum Gasteiger partial charge on any atom is -0.480 e. The molecule has 4 nitrogen and oxygen atoms in total. The topological polar surface area (TPSA) is 58.6 Å². The standard InChI is InChI=1S/C11H23NO3/c1-5-6-9(2)7-15-8-11(3,12-4)10(13)14/h9,12H,5-8H2,1-4H3,(H,13,14).